The van der Waals surface area contributed by atoms with E-state index in [-0.39, 0.29) is 30.3 Å². The molecule has 1 aliphatic carbocycles. The third-order valence-electron chi connectivity index (χ3n) is 4.02. The highest BCUT2D eigenvalue weighted by atomic mass is 35.5. The van der Waals surface area contributed by atoms with Gasteiger partial charge in [0.05, 0.1) is 13.0 Å². The Hall–Kier alpha value is -1.95. The lowest BCUT2D eigenvalue weighted by molar-refractivity contribution is -0.140. The molecule has 1 fully saturated rings. The van der Waals surface area contributed by atoms with Gasteiger partial charge in [-0.15, -0.1) is 12.4 Å². The zero-order valence-electron chi connectivity index (χ0n) is 13.2. The number of rotatable bonds is 5. The Labute approximate surface area is 142 Å². The predicted molar refractivity (Wildman–Crippen MR) is 91.2 cm³/mol. The molecule has 0 heterocycles. The zero-order chi connectivity index (χ0) is 15.9. The summed E-state index contributed by atoms with van der Waals surface area (Å²) in [4.78, 5) is 12.2. The molecule has 1 aliphatic rings. The first kappa shape index (κ1) is 19.1. The summed E-state index contributed by atoms with van der Waals surface area (Å²) >= 11 is 0. The van der Waals surface area contributed by atoms with E-state index < -0.39 is 0 Å². The van der Waals surface area contributed by atoms with Crippen LogP contribution in [0.15, 0.2) is 24.3 Å². The number of benzene rings is 1. The number of esters is 1. The maximum atomic E-state index is 12.2. The molecule has 23 heavy (non-hydrogen) atoms. The van der Waals surface area contributed by atoms with Crippen molar-refractivity contribution in [2.75, 3.05) is 13.7 Å². The zero-order valence-corrected chi connectivity index (χ0v) is 14.0. The van der Waals surface area contributed by atoms with E-state index in [2.05, 4.69) is 5.32 Å². The fourth-order valence-corrected chi connectivity index (χ4v) is 2.72. The van der Waals surface area contributed by atoms with Gasteiger partial charge in [0.2, 0.25) is 0 Å². The molecule has 7 heteroatoms. The lowest BCUT2D eigenvalue weighted by Gasteiger charge is -2.27. The maximum Gasteiger partial charge on any atom is 0.314 e. The number of carbonyl (C=O) groups excluding carboxylic acids is 1. The minimum Gasteiger partial charge on any atom is -0.497 e. The molecule has 1 aromatic carbocycles. The van der Waals surface area contributed by atoms with Crippen LogP contribution < -0.4 is 20.5 Å². The van der Waals surface area contributed by atoms with Crippen LogP contribution in [0.4, 0.5) is 0 Å². The third kappa shape index (κ3) is 5.98. The number of methoxy groups -OCH3 is 1. The number of guanidine groups is 1. The number of ether oxygens (including phenoxy) is 2. The molecule has 0 atom stereocenters. The van der Waals surface area contributed by atoms with Crippen molar-refractivity contribution in [1.82, 2.24) is 5.32 Å². The Morgan fingerprint density at radius 1 is 1.30 bits per heavy atom. The summed E-state index contributed by atoms with van der Waals surface area (Å²) in [6.07, 6.45) is 3.51. The van der Waals surface area contributed by atoms with Crippen molar-refractivity contribution in [2.45, 2.75) is 25.7 Å². The van der Waals surface area contributed by atoms with Crippen LogP contribution in [0.25, 0.3) is 0 Å². The van der Waals surface area contributed by atoms with Crippen molar-refractivity contribution >= 4 is 24.3 Å². The molecule has 0 radical (unpaired) electrons. The first-order chi connectivity index (χ1) is 10.6. The summed E-state index contributed by atoms with van der Waals surface area (Å²) in [6.45, 7) is 0.701. The molecule has 0 spiro atoms. The van der Waals surface area contributed by atoms with Gasteiger partial charge in [-0.25, -0.2) is 0 Å². The Kier molecular flexibility index (Phi) is 7.68. The van der Waals surface area contributed by atoms with E-state index in [1.807, 2.05) is 6.07 Å². The first-order valence-corrected chi connectivity index (χ1v) is 7.52. The summed E-state index contributed by atoms with van der Waals surface area (Å²) < 4.78 is 10.6. The molecule has 2 rings (SSSR count). The Morgan fingerprint density at radius 2 is 1.96 bits per heavy atom. The number of hydrogen-bond acceptors (Lipinski definition) is 4. The van der Waals surface area contributed by atoms with Gasteiger partial charge in [0, 0.05) is 12.6 Å². The van der Waals surface area contributed by atoms with E-state index in [0.29, 0.717) is 24.0 Å². The van der Waals surface area contributed by atoms with Crippen LogP contribution in [0.1, 0.15) is 25.7 Å². The lowest BCUT2D eigenvalue weighted by Crippen LogP contribution is -2.36. The van der Waals surface area contributed by atoms with Gasteiger partial charge in [-0.05, 0) is 43.7 Å². The normalized spacial score (nSPS) is 20.0. The molecule has 6 nitrogen and oxygen atoms in total. The standard InChI is InChI=1S/C16H23N3O3.ClH/c1-21-13-3-2-4-14(9-13)22-15(20)12-7-5-11(6-8-12)10-19-16(17)18;/h2-4,9,11-12H,5-8,10H2,1H3,(H4,17,18,19);1H/t11-,12-;. The minimum absolute atomic E-state index is 0. The van der Waals surface area contributed by atoms with Gasteiger partial charge in [-0.3, -0.25) is 10.2 Å². The second-order valence-electron chi connectivity index (χ2n) is 5.61. The molecule has 0 bridgehead atoms. The SMILES string of the molecule is COc1cccc(OC(=O)[C@H]2CC[C@H](CNC(=N)N)CC2)c1.Cl. The van der Waals surface area contributed by atoms with E-state index in [0.717, 1.165) is 25.7 Å². The summed E-state index contributed by atoms with van der Waals surface area (Å²) in [7, 11) is 1.58. The van der Waals surface area contributed by atoms with Crippen LogP contribution in [-0.4, -0.2) is 25.6 Å². The second kappa shape index (κ2) is 9.25. The van der Waals surface area contributed by atoms with Crippen LogP contribution in [0.3, 0.4) is 0 Å². The Morgan fingerprint density at radius 3 is 2.57 bits per heavy atom. The number of hydrogen-bond donors (Lipinski definition) is 3. The van der Waals surface area contributed by atoms with E-state index in [1.54, 1.807) is 25.3 Å². The number of halogens is 1. The van der Waals surface area contributed by atoms with E-state index in [1.165, 1.54) is 0 Å². The van der Waals surface area contributed by atoms with Crippen molar-refractivity contribution < 1.29 is 14.3 Å². The summed E-state index contributed by atoms with van der Waals surface area (Å²) in [6, 6.07) is 7.07. The molecular weight excluding hydrogens is 318 g/mol. The first-order valence-electron chi connectivity index (χ1n) is 7.52. The highest BCUT2D eigenvalue weighted by Gasteiger charge is 2.27. The van der Waals surface area contributed by atoms with Gasteiger partial charge < -0.3 is 20.5 Å². The van der Waals surface area contributed by atoms with E-state index in [9.17, 15) is 4.79 Å². The Balaban J connectivity index is 0.00000264. The topological polar surface area (TPSA) is 97.4 Å². The van der Waals surface area contributed by atoms with Crippen LogP contribution in [-0.2, 0) is 4.79 Å². The van der Waals surface area contributed by atoms with E-state index >= 15 is 0 Å². The number of nitrogens with two attached hydrogens (primary N) is 1. The smallest absolute Gasteiger partial charge is 0.314 e. The quantitative estimate of drug-likeness (QED) is 0.330. The highest BCUT2D eigenvalue weighted by molar-refractivity contribution is 5.85. The van der Waals surface area contributed by atoms with Gasteiger partial charge in [-0.2, -0.15) is 0 Å². The molecule has 0 aromatic heterocycles. The molecule has 4 N–H and O–H groups in total. The van der Waals surface area contributed by atoms with Crippen molar-refractivity contribution in [3.63, 3.8) is 0 Å². The van der Waals surface area contributed by atoms with Crippen molar-refractivity contribution in [3.05, 3.63) is 24.3 Å². The fraction of sp³-hybridized carbons (Fsp3) is 0.500. The summed E-state index contributed by atoms with van der Waals surface area (Å²) in [5.41, 5.74) is 5.28. The molecule has 0 saturated heterocycles. The number of nitrogens with one attached hydrogen (secondary N) is 2. The van der Waals surface area contributed by atoms with Gasteiger partial charge >= 0.3 is 5.97 Å². The van der Waals surface area contributed by atoms with Crippen molar-refractivity contribution in [3.8, 4) is 11.5 Å². The van der Waals surface area contributed by atoms with Crippen LogP contribution in [0.2, 0.25) is 0 Å². The molecule has 0 unspecified atom stereocenters. The summed E-state index contributed by atoms with van der Waals surface area (Å²) in [5.74, 6) is 1.42. The van der Waals surface area contributed by atoms with Crippen LogP contribution >= 0.6 is 12.4 Å². The highest BCUT2D eigenvalue weighted by Crippen LogP contribution is 2.30. The van der Waals surface area contributed by atoms with Crippen LogP contribution in [0, 0.1) is 17.2 Å². The van der Waals surface area contributed by atoms with Gasteiger partial charge in [0.15, 0.2) is 5.96 Å². The van der Waals surface area contributed by atoms with E-state index in [4.69, 9.17) is 20.6 Å². The molecule has 1 aromatic rings. The van der Waals surface area contributed by atoms with Crippen molar-refractivity contribution in [1.29, 1.82) is 5.41 Å². The van der Waals surface area contributed by atoms with Crippen molar-refractivity contribution in [2.24, 2.45) is 17.6 Å². The predicted octanol–water partition coefficient (Wildman–Crippen LogP) is 2.31. The average molecular weight is 342 g/mol. The molecule has 1 saturated carbocycles. The monoisotopic (exact) mass is 341 g/mol. The molecule has 0 aliphatic heterocycles. The third-order valence-corrected chi connectivity index (χ3v) is 4.02. The van der Waals surface area contributed by atoms with Crippen LogP contribution in [0.5, 0.6) is 11.5 Å². The fourth-order valence-electron chi connectivity index (χ4n) is 2.72. The molecule has 128 valence electrons. The van der Waals surface area contributed by atoms with Gasteiger partial charge in [-0.1, -0.05) is 6.07 Å². The minimum atomic E-state index is -0.175. The maximum absolute atomic E-state index is 12.2. The van der Waals surface area contributed by atoms with Gasteiger partial charge in [0.1, 0.15) is 11.5 Å². The number of carbonyl (C=O) groups is 1. The summed E-state index contributed by atoms with van der Waals surface area (Å²) in [5, 5.41) is 10.0. The Bertz CT molecular complexity index is 531. The molecular formula is C16H24ClN3O3. The largest absolute Gasteiger partial charge is 0.497 e. The lowest BCUT2D eigenvalue weighted by atomic mass is 9.82. The average Bonchev–Trinajstić information content (AvgIpc) is 2.53. The molecule has 0 amide bonds. The second-order valence-corrected chi connectivity index (χ2v) is 5.61. The van der Waals surface area contributed by atoms with Gasteiger partial charge in [0.25, 0.3) is 0 Å².